The zero-order chi connectivity index (χ0) is 31.3. The summed E-state index contributed by atoms with van der Waals surface area (Å²) in [5, 5.41) is 10.7. The summed E-state index contributed by atoms with van der Waals surface area (Å²) < 4.78 is 1.93. The summed E-state index contributed by atoms with van der Waals surface area (Å²) in [5.41, 5.74) is 11.1. The summed E-state index contributed by atoms with van der Waals surface area (Å²) >= 11 is 0. The summed E-state index contributed by atoms with van der Waals surface area (Å²) in [6, 6.07) is 56.4. The van der Waals surface area contributed by atoms with Crippen LogP contribution < -0.4 is 0 Å². The molecule has 0 fully saturated rings. The first-order valence-corrected chi connectivity index (χ1v) is 17.7. The van der Waals surface area contributed by atoms with Gasteiger partial charge in [0.05, 0.1) is 0 Å². The third kappa shape index (κ3) is 4.76. The lowest BCUT2D eigenvalue weighted by Crippen LogP contribution is -1.93. The van der Waals surface area contributed by atoms with E-state index in [2.05, 4.69) is 158 Å². The molecule has 0 spiro atoms. The summed E-state index contributed by atoms with van der Waals surface area (Å²) in [6.07, 6.45) is 2.08. The summed E-state index contributed by atoms with van der Waals surface area (Å²) in [7, 11) is -0.343. The number of aryl methyl sites for hydroxylation is 1. The van der Waals surface area contributed by atoms with Crippen molar-refractivity contribution in [2.75, 3.05) is 0 Å². The number of pyridine rings is 1. The molecule has 0 aliphatic heterocycles. The van der Waals surface area contributed by atoms with Gasteiger partial charge in [0.2, 0.25) is 0 Å². The van der Waals surface area contributed by atoms with Gasteiger partial charge in [-0.05, 0) is 63.6 Å². The molecule has 1 unspecified atom stereocenters. The Hall–Kier alpha value is -5.76. The number of benzene rings is 6. The van der Waals surface area contributed by atoms with Crippen LogP contribution >= 0.6 is 7.53 Å². The lowest BCUT2D eigenvalue weighted by Gasteiger charge is -2.09. The van der Waals surface area contributed by atoms with E-state index < -0.39 is 0 Å². The highest BCUT2D eigenvalue weighted by atomic mass is 31.1. The van der Waals surface area contributed by atoms with Crippen LogP contribution in [0.2, 0.25) is 0 Å². The van der Waals surface area contributed by atoms with Crippen LogP contribution in [-0.2, 0) is 6.66 Å². The van der Waals surface area contributed by atoms with E-state index in [0.717, 1.165) is 39.0 Å². The van der Waals surface area contributed by atoms with Gasteiger partial charge in [0.25, 0.3) is 0 Å². The zero-order valence-corrected chi connectivity index (χ0v) is 26.8. The predicted octanol–water partition coefficient (Wildman–Crippen LogP) is 11.9. The van der Waals surface area contributed by atoms with Crippen molar-refractivity contribution in [3.05, 3.63) is 164 Å². The molecule has 0 amide bonds. The summed E-state index contributed by atoms with van der Waals surface area (Å²) in [4.78, 5) is 5.12. The highest BCUT2D eigenvalue weighted by molar-refractivity contribution is 7.59. The molecule has 0 radical (unpaired) electrons. The van der Waals surface area contributed by atoms with Gasteiger partial charge in [-0.1, -0.05) is 140 Å². The highest BCUT2D eigenvalue weighted by Gasteiger charge is 2.16. The molecule has 1 atom stereocenters. The molecule has 0 saturated carbocycles. The number of rotatable bonds is 5. The normalized spacial score (nSPS) is 11.9. The summed E-state index contributed by atoms with van der Waals surface area (Å²) in [6.45, 7) is 2.38. The van der Waals surface area contributed by atoms with E-state index in [9.17, 15) is 0 Å². The van der Waals surface area contributed by atoms with Crippen LogP contribution in [0.4, 0.5) is 0 Å². The fraction of sp³-hybridized carbons (Fsp3) is 0.0233. The van der Waals surface area contributed by atoms with E-state index in [1.807, 2.05) is 16.6 Å². The maximum absolute atomic E-state index is 5.12. The average molecular weight is 620 g/mol. The second kappa shape index (κ2) is 11.2. The molecule has 6 aromatic carbocycles. The average Bonchev–Trinajstić information content (AvgIpc) is 3.71. The first kappa shape index (κ1) is 27.5. The van der Waals surface area contributed by atoms with E-state index in [-0.39, 0.29) is 7.53 Å². The Bertz CT molecular complexity index is 2580. The molecular formula is C43H30N3P. The van der Waals surface area contributed by atoms with E-state index in [4.69, 9.17) is 10.1 Å². The van der Waals surface area contributed by atoms with E-state index >= 15 is 0 Å². The van der Waals surface area contributed by atoms with Crippen LogP contribution in [0.3, 0.4) is 0 Å². The van der Waals surface area contributed by atoms with E-state index in [0.29, 0.717) is 5.82 Å². The Balaban J connectivity index is 1.15. The van der Waals surface area contributed by atoms with Gasteiger partial charge in [-0.3, -0.25) is 0 Å². The smallest absolute Gasteiger partial charge is 0.182 e. The van der Waals surface area contributed by atoms with Gasteiger partial charge in [0.15, 0.2) is 11.5 Å². The Labute approximate surface area is 274 Å². The van der Waals surface area contributed by atoms with Crippen molar-refractivity contribution in [3.63, 3.8) is 0 Å². The molecule has 9 rings (SSSR count). The fourth-order valence-electron chi connectivity index (χ4n) is 6.88. The predicted molar refractivity (Wildman–Crippen MR) is 199 cm³/mol. The van der Waals surface area contributed by atoms with Crippen molar-refractivity contribution < 1.29 is 0 Å². The standard InChI is InChI=1S/C43H30N3P/c1-47-39-23-9-8-21-37(39)41-36(22-12-24-40(41)47)33-19-10-17-31(25-33)32-18-11-20-34(26-32)42-44-43-38(30-15-6-3-7-16-30)27-35(28-46(43)45-42)29-13-4-2-5-14-29/h2-28H,1H3. The number of fused-ring (bicyclic) bond motifs is 4. The molecular weight excluding hydrogens is 589 g/mol. The van der Waals surface area contributed by atoms with Crippen LogP contribution in [0, 0.1) is 0 Å². The molecule has 0 aliphatic rings. The van der Waals surface area contributed by atoms with Crippen molar-refractivity contribution >= 4 is 34.2 Å². The molecule has 3 heterocycles. The third-order valence-corrected chi connectivity index (χ3v) is 11.4. The Morgan fingerprint density at radius 2 is 1.06 bits per heavy atom. The molecule has 0 bridgehead atoms. The third-order valence-electron chi connectivity index (χ3n) is 9.19. The highest BCUT2D eigenvalue weighted by Crippen LogP contribution is 2.49. The zero-order valence-electron chi connectivity index (χ0n) is 25.9. The monoisotopic (exact) mass is 619 g/mol. The second-order valence-electron chi connectivity index (χ2n) is 12.0. The minimum atomic E-state index is -0.343. The molecule has 9 aromatic rings. The van der Waals surface area contributed by atoms with Gasteiger partial charge in [-0.15, -0.1) is 12.6 Å². The van der Waals surface area contributed by atoms with Gasteiger partial charge in [-0.25, -0.2) is 9.50 Å². The minimum absolute atomic E-state index is 0.343. The Morgan fingerprint density at radius 3 is 1.85 bits per heavy atom. The van der Waals surface area contributed by atoms with Crippen LogP contribution in [0.15, 0.2) is 164 Å². The van der Waals surface area contributed by atoms with E-state index in [1.165, 1.54) is 37.7 Å². The molecule has 4 heteroatoms. The van der Waals surface area contributed by atoms with Crippen molar-refractivity contribution in [1.82, 2.24) is 14.6 Å². The number of hydrogen-bond acceptors (Lipinski definition) is 2. The number of hydrogen-bond donors (Lipinski definition) is 0. The Morgan fingerprint density at radius 1 is 0.468 bits per heavy atom. The molecule has 0 saturated heterocycles. The van der Waals surface area contributed by atoms with Crippen molar-refractivity contribution in [3.8, 4) is 55.9 Å². The van der Waals surface area contributed by atoms with Gasteiger partial charge < -0.3 is 0 Å². The lowest BCUT2D eigenvalue weighted by atomic mass is 9.95. The largest absolute Gasteiger partial charge is 0.219 e. The summed E-state index contributed by atoms with van der Waals surface area (Å²) in [5.74, 6) is 0.708. The van der Waals surface area contributed by atoms with Gasteiger partial charge >= 0.3 is 0 Å². The minimum Gasteiger partial charge on any atom is -0.219 e. The number of nitrogens with zero attached hydrogens (tertiary/aromatic N) is 3. The molecule has 3 nitrogen and oxygen atoms in total. The van der Waals surface area contributed by atoms with Crippen LogP contribution in [0.25, 0.3) is 82.6 Å². The SMILES string of the molecule is Cp1c2ccccc2c2c(-c3cccc(-c4cccc(-c5nc6c(-c7ccccc7)cc(-c7ccccc7)cn6n5)c4)c3)cccc21. The van der Waals surface area contributed by atoms with Crippen LogP contribution in [0.1, 0.15) is 0 Å². The maximum atomic E-state index is 5.12. The van der Waals surface area contributed by atoms with Crippen LogP contribution in [-0.4, -0.2) is 14.6 Å². The molecule has 0 aliphatic carbocycles. The van der Waals surface area contributed by atoms with Gasteiger partial charge in [0.1, 0.15) is 0 Å². The van der Waals surface area contributed by atoms with Gasteiger partial charge in [0, 0.05) is 38.5 Å². The maximum Gasteiger partial charge on any atom is 0.182 e. The second-order valence-corrected chi connectivity index (χ2v) is 14.1. The number of aromatic nitrogens is 3. The molecule has 47 heavy (non-hydrogen) atoms. The van der Waals surface area contributed by atoms with Gasteiger partial charge in [-0.2, -0.15) is 0 Å². The van der Waals surface area contributed by atoms with Crippen LogP contribution in [0.5, 0.6) is 0 Å². The molecule has 222 valence electrons. The lowest BCUT2D eigenvalue weighted by molar-refractivity contribution is 0.968. The first-order valence-electron chi connectivity index (χ1n) is 15.9. The first-order chi connectivity index (χ1) is 23.2. The van der Waals surface area contributed by atoms with Crippen molar-refractivity contribution in [2.45, 2.75) is 0 Å². The topological polar surface area (TPSA) is 30.2 Å². The Kier molecular flexibility index (Phi) is 6.59. The quantitative estimate of drug-likeness (QED) is 0.192. The van der Waals surface area contributed by atoms with Crippen molar-refractivity contribution in [2.24, 2.45) is 6.66 Å². The fourth-order valence-corrected chi connectivity index (χ4v) is 8.88. The van der Waals surface area contributed by atoms with E-state index in [1.54, 1.807) is 0 Å². The molecule has 0 N–H and O–H groups in total. The van der Waals surface area contributed by atoms with Crippen molar-refractivity contribution in [1.29, 1.82) is 0 Å². The molecule has 3 aromatic heterocycles.